The Morgan fingerprint density at radius 2 is 1.87 bits per heavy atom. The topological polar surface area (TPSA) is 75.5 Å². The van der Waals surface area contributed by atoms with E-state index in [1.54, 1.807) is 12.1 Å². The Bertz CT molecular complexity index is 1010. The van der Waals surface area contributed by atoms with Gasteiger partial charge in [-0.3, -0.25) is 14.9 Å². The lowest BCUT2D eigenvalue weighted by atomic mass is 9.76. The molecule has 31 heavy (non-hydrogen) atoms. The second-order valence-corrected chi connectivity index (χ2v) is 8.39. The van der Waals surface area contributed by atoms with Gasteiger partial charge in [-0.2, -0.15) is 0 Å². The van der Waals surface area contributed by atoms with Crippen LogP contribution >= 0.6 is 0 Å². The molecule has 0 spiro atoms. The van der Waals surface area contributed by atoms with Crippen LogP contribution in [-0.4, -0.2) is 28.8 Å². The molecule has 6 nitrogen and oxygen atoms in total. The molecule has 1 aliphatic heterocycles. The van der Waals surface area contributed by atoms with Crippen molar-refractivity contribution in [3.63, 3.8) is 0 Å². The van der Waals surface area contributed by atoms with Crippen LogP contribution in [0.2, 0.25) is 0 Å². The van der Waals surface area contributed by atoms with Gasteiger partial charge in [-0.1, -0.05) is 44.2 Å². The molecule has 3 atom stereocenters. The Morgan fingerprint density at radius 1 is 1.13 bits per heavy atom. The molecule has 1 amide bonds. The number of para-hydroxylation sites is 1. The van der Waals surface area contributed by atoms with Gasteiger partial charge in [-0.05, 0) is 48.9 Å². The number of amides is 1. The third kappa shape index (κ3) is 3.94. The number of anilines is 1. The van der Waals surface area contributed by atoms with Crippen LogP contribution < -0.4 is 5.32 Å². The van der Waals surface area contributed by atoms with E-state index >= 15 is 0 Å². The van der Waals surface area contributed by atoms with Crippen molar-refractivity contribution in [1.29, 1.82) is 0 Å². The largest absolute Gasteiger partial charge is 0.377 e. The number of nitro groups is 1. The highest BCUT2D eigenvalue weighted by Crippen LogP contribution is 2.51. The van der Waals surface area contributed by atoms with E-state index in [9.17, 15) is 14.9 Å². The Labute approximate surface area is 183 Å². The first-order chi connectivity index (χ1) is 15.0. The lowest BCUT2D eigenvalue weighted by molar-refractivity contribution is -0.385. The maximum absolute atomic E-state index is 13.1. The van der Waals surface area contributed by atoms with E-state index in [1.165, 1.54) is 0 Å². The molecule has 0 fully saturated rings. The summed E-state index contributed by atoms with van der Waals surface area (Å²) in [4.78, 5) is 26.4. The minimum atomic E-state index is -0.304. The molecule has 0 aromatic heterocycles. The molecular weight excluding hydrogens is 390 g/mol. The second kappa shape index (κ2) is 8.92. The summed E-state index contributed by atoms with van der Waals surface area (Å²) in [5.74, 6) is 0.395. The number of fused-ring (bicyclic) bond motifs is 3. The molecule has 6 heteroatoms. The molecule has 0 bridgehead atoms. The van der Waals surface area contributed by atoms with Crippen molar-refractivity contribution in [2.75, 3.05) is 18.4 Å². The summed E-state index contributed by atoms with van der Waals surface area (Å²) in [5, 5.41) is 15.2. The zero-order valence-electron chi connectivity index (χ0n) is 18.1. The first kappa shape index (κ1) is 21.1. The number of nitrogens with one attached hydrogen (secondary N) is 1. The van der Waals surface area contributed by atoms with Gasteiger partial charge in [0.05, 0.1) is 16.5 Å². The summed E-state index contributed by atoms with van der Waals surface area (Å²) in [6.45, 7) is 5.69. The maximum Gasteiger partial charge on any atom is 0.274 e. The SMILES string of the molecule is CCCN(CCC)C(=O)c1ccc2c(c1)C1C=CCC1C(c1ccccc1[N+](=O)[O-])N2. The van der Waals surface area contributed by atoms with Crippen molar-refractivity contribution < 1.29 is 9.72 Å². The van der Waals surface area contributed by atoms with Crippen molar-refractivity contribution in [1.82, 2.24) is 4.90 Å². The summed E-state index contributed by atoms with van der Waals surface area (Å²) in [6, 6.07) is 12.7. The number of benzene rings is 2. The zero-order chi connectivity index (χ0) is 22.0. The third-order valence-electron chi connectivity index (χ3n) is 6.35. The first-order valence-electron chi connectivity index (χ1n) is 11.1. The van der Waals surface area contributed by atoms with Crippen LogP contribution in [0.25, 0.3) is 0 Å². The molecule has 0 radical (unpaired) electrons. The van der Waals surface area contributed by atoms with Crippen molar-refractivity contribution in [2.45, 2.75) is 45.1 Å². The van der Waals surface area contributed by atoms with E-state index in [0.29, 0.717) is 11.1 Å². The minimum Gasteiger partial charge on any atom is -0.377 e. The number of nitro benzene ring substituents is 1. The van der Waals surface area contributed by atoms with Crippen molar-refractivity contribution in [2.24, 2.45) is 5.92 Å². The summed E-state index contributed by atoms with van der Waals surface area (Å²) in [6.07, 6.45) is 7.06. The number of carbonyl (C=O) groups excluding carboxylic acids is 1. The molecular formula is C25H29N3O3. The zero-order valence-corrected chi connectivity index (χ0v) is 18.1. The fourth-order valence-electron chi connectivity index (χ4n) is 4.99. The highest BCUT2D eigenvalue weighted by molar-refractivity contribution is 5.95. The standard InChI is InChI=1S/C25H29N3O3/c1-3-14-27(15-4-2)25(29)17-12-13-22-21(16-17)18-9-7-10-19(18)24(26-22)20-8-5-6-11-23(20)28(30)31/h5-9,11-13,16,18-19,24,26H,3-4,10,14-15H2,1-2H3. The van der Waals surface area contributed by atoms with E-state index in [-0.39, 0.29) is 34.4 Å². The molecule has 1 heterocycles. The van der Waals surface area contributed by atoms with Crippen LogP contribution in [-0.2, 0) is 0 Å². The average Bonchev–Trinajstić information content (AvgIpc) is 3.28. The molecule has 3 unspecified atom stereocenters. The van der Waals surface area contributed by atoms with Crippen molar-refractivity contribution in [3.8, 4) is 0 Å². The number of nitrogens with zero attached hydrogens (tertiary/aromatic N) is 2. The summed E-state index contributed by atoms with van der Waals surface area (Å²) in [7, 11) is 0. The molecule has 0 saturated carbocycles. The van der Waals surface area contributed by atoms with Gasteiger partial charge in [0, 0.05) is 36.3 Å². The van der Waals surface area contributed by atoms with Gasteiger partial charge in [0.15, 0.2) is 0 Å². The summed E-state index contributed by atoms with van der Waals surface area (Å²) in [5.41, 5.74) is 3.63. The Kier molecular flexibility index (Phi) is 6.07. The van der Waals surface area contributed by atoms with Crippen LogP contribution in [0.15, 0.2) is 54.6 Å². The Morgan fingerprint density at radius 3 is 2.58 bits per heavy atom. The van der Waals surface area contributed by atoms with Gasteiger partial charge in [0.25, 0.3) is 11.6 Å². The number of hydrogen-bond donors (Lipinski definition) is 1. The molecule has 2 aromatic carbocycles. The average molecular weight is 420 g/mol. The number of carbonyl (C=O) groups is 1. The highest BCUT2D eigenvalue weighted by atomic mass is 16.6. The van der Waals surface area contributed by atoms with Crippen LogP contribution in [0.1, 0.15) is 66.6 Å². The maximum atomic E-state index is 13.1. The van der Waals surface area contributed by atoms with Gasteiger partial charge in [-0.15, -0.1) is 0 Å². The van der Waals surface area contributed by atoms with E-state index in [2.05, 4.69) is 31.3 Å². The van der Waals surface area contributed by atoms with Crippen molar-refractivity contribution >= 4 is 17.3 Å². The predicted octanol–water partition coefficient (Wildman–Crippen LogP) is 5.68. The van der Waals surface area contributed by atoms with Gasteiger partial charge in [-0.25, -0.2) is 0 Å². The molecule has 1 aliphatic carbocycles. The van der Waals surface area contributed by atoms with Crippen molar-refractivity contribution in [3.05, 3.63) is 81.4 Å². The van der Waals surface area contributed by atoms with E-state index < -0.39 is 0 Å². The Hall–Kier alpha value is -3.15. The quantitative estimate of drug-likeness (QED) is 0.356. The van der Waals surface area contributed by atoms with Crippen LogP contribution in [0.5, 0.6) is 0 Å². The number of rotatable bonds is 7. The van der Waals surface area contributed by atoms with Crippen LogP contribution in [0.3, 0.4) is 0 Å². The molecule has 1 N–H and O–H groups in total. The van der Waals surface area contributed by atoms with Gasteiger partial charge < -0.3 is 10.2 Å². The van der Waals surface area contributed by atoms with E-state index in [4.69, 9.17) is 0 Å². The van der Waals surface area contributed by atoms with E-state index in [1.807, 2.05) is 35.2 Å². The number of hydrogen-bond acceptors (Lipinski definition) is 4. The molecule has 2 aliphatic rings. The summed E-state index contributed by atoms with van der Waals surface area (Å²) < 4.78 is 0. The molecule has 2 aromatic rings. The monoisotopic (exact) mass is 419 g/mol. The van der Waals surface area contributed by atoms with E-state index in [0.717, 1.165) is 43.6 Å². The minimum absolute atomic E-state index is 0.0749. The molecule has 4 rings (SSSR count). The first-order valence-corrected chi connectivity index (χ1v) is 11.1. The molecule has 0 saturated heterocycles. The lowest BCUT2D eigenvalue weighted by Gasteiger charge is -2.37. The van der Waals surface area contributed by atoms with Crippen LogP contribution in [0.4, 0.5) is 11.4 Å². The second-order valence-electron chi connectivity index (χ2n) is 8.39. The lowest BCUT2D eigenvalue weighted by Crippen LogP contribution is -2.33. The smallest absolute Gasteiger partial charge is 0.274 e. The van der Waals surface area contributed by atoms with Gasteiger partial charge in [0.1, 0.15) is 0 Å². The third-order valence-corrected chi connectivity index (χ3v) is 6.35. The molecule has 162 valence electrons. The summed E-state index contributed by atoms with van der Waals surface area (Å²) >= 11 is 0. The fraction of sp³-hybridized carbons (Fsp3) is 0.400. The number of allylic oxidation sites excluding steroid dienone is 2. The highest BCUT2D eigenvalue weighted by Gasteiger charge is 2.40. The Balaban J connectivity index is 1.69. The normalized spacial score (nSPS) is 21.2. The van der Waals surface area contributed by atoms with Crippen LogP contribution in [0, 0.1) is 16.0 Å². The predicted molar refractivity (Wildman–Crippen MR) is 122 cm³/mol. The fourth-order valence-corrected chi connectivity index (χ4v) is 4.99. The van der Waals surface area contributed by atoms with Gasteiger partial charge >= 0.3 is 0 Å². The van der Waals surface area contributed by atoms with Gasteiger partial charge in [0.2, 0.25) is 0 Å².